The molecule has 0 aliphatic carbocycles. The third-order valence-electron chi connectivity index (χ3n) is 3.85. The van der Waals surface area contributed by atoms with Crippen molar-refractivity contribution in [3.63, 3.8) is 0 Å². The molecule has 1 N–H and O–H groups in total. The van der Waals surface area contributed by atoms with Crippen molar-refractivity contribution in [2.45, 2.75) is 13.8 Å². The summed E-state index contributed by atoms with van der Waals surface area (Å²) >= 11 is 6.09. The molecule has 5 nitrogen and oxygen atoms in total. The smallest absolute Gasteiger partial charge is 0.271 e. The van der Waals surface area contributed by atoms with Crippen LogP contribution in [0.2, 0.25) is 5.02 Å². The van der Waals surface area contributed by atoms with E-state index in [1.165, 1.54) is 0 Å². The number of nitrogens with zero attached hydrogens (tertiary/aromatic N) is 3. The number of pyridine rings is 1. The largest absolute Gasteiger partial charge is 0.318 e. The van der Waals surface area contributed by atoms with E-state index >= 15 is 0 Å². The molecule has 0 aliphatic rings. The first-order valence-electron chi connectivity index (χ1n) is 7.74. The molecule has 0 fully saturated rings. The van der Waals surface area contributed by atoms with Gasteiger partial charge in [0.05, 0.1) is 6.21 Å². The highest BCUT2D eigenvalue weighted by atomic mass is 35.5. The average molecular weight is 353 g/mol. The van der Waals surface area contributed by atoms with Gasteiger partial charge in [0.15, 0.2) is 0 Å². The van der Waals surface area contributed by atoms with Crippen molar-refractivity contribution >= 4 is 23.7 Å². The number of carbonyl (C=O) groups is 1. The SMILES string of the molecule is Cc1cc(/C=N\NC(=O)c2ccncc2)c(C)n1-c1cccc(Cl)c1. The maximum atomic E-state index is 12.0. The normalized spacial score (nSPS) is 11.0. The fourth-order valence-corrected chi connectivity index (χ4v) is 2.84. The Kier molecular flexibility index (Phi) is 4.95. The van der Waals surface area contributed by atoms with Crippen LogP contribution >= 0.6 is 11.6 Å². The number of nitrogens with one attached hydrogen (secondary N) is 1. The van der Waals surface area contributed by atoms with Gasteiger partial charge < -0.3 is 4.57 Å². The van der Waals surface area contributed by atoms with Crippen molar-refractivity contribution in [1.82, 2.24) is 15.0 Å². The molecule has 6 heteroatoms. The second kappa shape index (κ2) is 7.32. The highest BCUT2D eigenvalue weighted by Gasteiger charge is 2.10. The number of halogens is 1. The van der Waals surface area contributed by atoms with Gasteiger partial charge in [-0.05, 0) is 50.2 Å². The topological polar surface area (TPSA) is 59.3 Å². The minimum Gasteiger partial charge on any atom is -0.318 e. The number of aromatic nitrogens is 2. The third kappa shape index (κ3) is 3.78. The van der Waals surface area contributed by atoms with Crippen LogP contribution in [0.25, 0.3) is 5.69 Å². The lowest BCUT2D eigenvalue weighted by Gasteiger charge is -2.09. The lowest BCUT2D eigenvalue weighted by molar-refractivity contribution is 0.0955. The molecule has 0 aliphatic heterocycles. The molecule has 126 valence electrons. The van der Waals surface area contributed by atoms with Gasteiger partial charge in [0.1, 0.15) is 0 Å². The number of aryl methyl sites for hydroxylation is 1. The maximum absolute atomic E-state index is 12.0. The van der Waals surface area contributed by atoms with E-state index in [1.807, 2.05) is 44.2 Å². The van der Waals surface area contributed by atoms with Crippen molar-refractivity contribution < 1.29 is 4.79 Å². The Morgan fingerprint density at radius 3 is 2.68 bits per heavy atom. The molecule has 0 saturated heterocycles. The van der Waals surface area contributed by atoms with Crippen LogP contribution in [0, 0.1) is 13.8 Å². The number of hydrogen-bond acceptors (Lipinski definition) is 3. The van der Waals surface area contributed by atoms with E-state index in [1.54, 1.807) is 30.7 Å². The van der Waals surface area contributed by atoms with Crippen LogP contribution in [-0.2, 0) is 0 Å². The number of rotatable bonds is 4. The summed E-state index contributed by atoms with van der Waals surface area (Å²) in [6.07, 6.45) is 4.77. The highest BCUT2D eigenvalue weighted by molar-refractivity contribution is 6.30. The summed E-state index contributed by atoms with van der Waals surface area (Å²) in [4.78, 5) is 15.9. The zero-order valence-electron chi connectivity index (χ0n) is 13.9. The molecule has 2 aromatic heterocycles. The fourth-order valence-electron chi connectivity index (χ4n) is 2.66. The summed E-state index contributed by atoms with van der Waals surface area (Å²) in [5.41, 5.74) is 7.02. The number of carbonyl (C=O) groups excluding carboxylic acids is 1. The van der Waals surface area contributed by atoms with Gasteiger partial charge in [0, 0.05) is 45.6 Å². The fraction of sp³-hybridized carbons (Fsp3) is 0.105. The first kappa shape index (κ1) is 16.9. The summed E-state index contributed by atoms with van der Waals surface area (Å²) in [7, 11) is 0. The second-order valence-corrected chi connectivity index (χ2v) is 6.01. The zero-order valence-corrected chi connectivity index (χ0v) is 14.7. The Hall–Kier alpha value is -2.92. The molecule has 2 heterocycles. The number of hydrogen-bond donors (Lipinski definition) is 1. The van der Waals surface area contributed by atoms with Gasteiger partial charge in [0.2, 0.25) is 0 Å². The summed E-state index contributed by atoms with van der Waals surface area (Å²) in [6.45, 7) is 4.01. The van der Waals surface area contributed by atoms with Crippen LogP contribution in [0.15, 0.2) is 60.0 Å². The molecular formula is C19H17ClN4O. The molecule has 25 heavy (non-hydrogen) atoms. The third-order valence-corrected chi connectivity index (χ3v) is 4.08. The van der Waals surface area contributed by atoms with E-state index in [4.69, 9.17) is 11.6 Å². The standard InChI is InChI=1S/C19H17ClN4O/c1-13-10-16(12-22-23-19(25)15-6-8-21-9-7-15)14(2)24(13)18-5-3-4-17(20)11-18/h3-12H,1-2H3,(H,23,25)/b22-12-. The van der Waals surface area contributed by atoms with Crippen molar-refractivity contribution in [1.29, 1.82) is 0 Å². The molecule has 1 amide bonds. The predicted molar refractivity (Wildman–Crippen MR) is 99.6 cm³/mol. The van der Waals surface area contributed by atoms with E-state index in [-0.39, 0.29) is 5.91 Å². The second-order valence-electron chi connectivity index (χ2n) is 5.58. The monoisotopic (exact) mass is 352 g/mol. The summed E-state index contributed by atoms with van der Waals surface area (Å²) in [6, 6.07) is 12.9. The summed E-state index contributed by atoms with van der Waals surface area (Å²) in [5.74, 6) is -0.276. The molecule has 0 saturated carbocycles. The number of amides is 1. The Morgan fingerprint density at radius 2 is 1.96 bits per heavy atom. The van der Waals surface area contributed by atoms with Crippen LogP contribution in [0.3, 0.4) is 0 Å². The van der Waals surface area contributed by atoms with Gasteiger partial charge in [0.25, 0.3) is 5.91 Å². The van der Waals surface area contributed by atoms with Gasteiger partial charge in [-0.15, -0.1) is 0 Å². The van der Waals surface area contributed by atoms with Crippen LogP contribution in [0.5, 0.6) is 0 Å². The van der Waals surface area contributed by atoms with Crippen molar-refractivity contribution in [2.75, 3.05) is 0 Å². The minimum atomic E-state index is -0.276. The molecule has 0 bridgehead atoms. The molecule has 3 rings (SSSR count). The lowest BCUT2D eigenvalue weighted by Crippen LogP contribution is -2.17. The maximum Gasteiger partial charge on any atom is 0.271 e. The molecule has 3 aromatic rings. The number of hydrazone groups is 1. The zero-order chi connectivity index (χ0) is 17.8. The average Bonchev–Trinajstić information content (AvgIpc) is 2.89. The summed E-state index contributed by atoms with van der Waals surface area (Å²) < 4.78 is 2.10. The molecule has 1 aromatic carbocycles. The first-order valence-corrected chi connectivity index (χ1v) is 8.12. The Labute approximate surface area is 151 Å². The van der Waals surface area contributed by atoms with Crippen molar-refractivity contribution in [2.24, 2.45) is 5.10 Å². The van der Waals surface area contributed by atoms with E-state index in [0.717, 1.165) is 22.6 Å². The van der Waals surface area contributed by atoms with E-state index < -0.39 is 0 Å². The van der Waals surface area contributed by atoms with E-state index in [9.17, 15) is 4.79 Å². The van der Waals surface area contributed by atoms with Gasteiger partial charge >= 0.3 is 0 Å². The molecular weight excluding hydrogens is 336 g/mol. The molecule has 0 radical (unpaired) electrons. The van der Waals surface area contributed by atoms with Crippen LogP contribution in [0.4, 0.5) is 0 Å². The van der Waals surface area contributed by atoms with Gasteiger partial charge in [-0.2, -0.15) is 5.10 Å². The van der Waals surface area contributed by atoms with E-state index in [0.29, 0.717) is 10.6 Å². The van der Waals surface area contributed by atoms with Crippen molar-refractivity contribution in [3.8, 4) is 5.69 Å². The van der Waals surface area contributed by atoms with Gasteiger partial charge in [-0.25, -0.2) is 5.43 Å². The minimum absolute atomic E-state index is 0.276. The Balaban J connectivity index is 1.80. The quantitative estimate of drug-likeness (QED) is 0.571. The Morgan fingerprint density at radius 1 is 1.20 bits per heavy atom. The molecule has 0 unspecified atom stereocenters. The van der Waals surface area contributed by atoms with Crippen LogP contribution < -0.4 is 5.43 Å². The highest BCUT2D eigenvalue weighted by Crippen LogP contribution is 2.22. The van der Waals surface area contributed by atoms with Crippen molar-refractivity contribution in [3.05, 3.63) is 82.4 Å². The number of benzene rings is 1. The van der Waals surface area contributed by atoms with E-state index in [2.05, 4.69) is 20.1 Å². The van der Waals surface area contributed by atoms with Crippen LogP contribution in [0.1, 0.15) is 27.3 Å². The van der Waals surface area contributed by atoms with Gasteiger partial charge in [-0.1, -0.05) is 17.7 Å². The lowest BCUT2D eigenvalue weighted by atomic mass is 10.2. The first-order chi connectivity index (χ1) is 12.1. The predicted octanol–water partition coefficient (Wildman–Crippen LogP) is 3.91. The molecule has 0 atom stereocenters. The Bertz CT molecular complexity index is 932. The summed E-state index contributed by atoms with van der Waals surface area (Å²) in [5, 5.41) is 4.75. The molecule has 0 spiro atoms. The van der Waals surface area contributed by atoms with Gasteiger partial charge in [-0.3, -0.25) is 9.78 Å². The van der Waals surface area contributed by atoms with Crippen LogP contribution in [-0.4, -0.2) is 21.7 Å².